The molecule has 0 saturated carbocycles. The van der Waals surface area contributed by atoms with Gasteiger partial charge in [0.15, 0.2) is 11.5 Å². The van der Waals surface area contributed by atoms with E-state index in [1.54, 1.807) is 13.2 Å². The van der Waals surface area contributed by atoms with Gasteiger partial charge in [-0.05, 0) is 46.7 Å². The van der Waals surface area contributed by atoms with Crippen LogP contribution >= 0.6 is 22.6 Å². The van der Waals surface area contributed by atoms with Gasteiger partial charge < -0.3 is 19.9 Å². The molecule has 2 N–H and O–H groups in total. The van der Waals surface area contributed by atoms with E-state index in [2.05, 4.69) is 40.6 Å². The standard InChI is InChI=1S/C15H22INO3/c1-4-6-20-15-13(16)7-11(8-14(15)19-3)9-17-12(5-2)10-18/h4,7-8,12,17-18H,1,5-6,9-10H2,2-3H3. The number of rotatable bonds is 9. The van der Waals surface area contributed by atoms with Crippen LogP contribution in [0.4, 0.5) is 0 Å². The number of aliphatic hydroxyl groups is 1. The van der Waals surface area contributed by atoms with Crippen LogP contribution in [-0.4, -0.2) is 31.5 Å². The van der Waals surface area contributed by atoms with E-state index in [9.17, 15) is 5.11 Å². The molecule has 4 nitrogen and oxygen atoms in total. The van der Waals surface area contributed by atoms with Crippen molar-refractivity contribution in [3.63, 3.8) is 0 Å². The summed E-state index contributed by atoms with van der Waals surface area (Å²) < 4.78 is 12.0. The summed E-state index contributed by atoms with van der Waals surface area (Å²) in [7, 11) is 1.63. The number of halogens is 1. The zero-order valence-corrected chi connectivity index (χ0v) is 14.1. The molecule has 1 rings (SSSR count). The Bertz CT molecular complexity index is 433. The largest absolute Gasteiger partial charge is 0.493 e. The van der Waals surface area contributed by atoms with E-state index in [4.69, 9.17) is 9.47 Å². The van der Waals surface area contributed by atoms with Gasteiger partial charge in [0.25, 0.3) is 0 Å². The number of ether oxygens (including phenoxy) is 2. The second-order valence-corrected chi connectivity index (χ2v) is 5.54. The molecule has 0 fully saturated rings. The van der Waals surface area contributed by atoms with E-state index in [0.29, 0.717) is 18.9 Å². The van der Waals surface area contributed by atoms with Crippen molar-refractivity contribution >= 4 is 22.6 Å². The fourth-order valence-electron chi connectivity index (χ4n) is 1.76. The van der Waals surface area contributed by atoms with E-state index in [1.807, 2.05) is 13.0 Å². The fraction of sp³-hybridized carbons (Fsp3) is 0.467. The van der Waals surface area contributed by atoms with Gasteiger partial charge in [-0.15, -0.1) is 0 Å². The van der Waals surface area contributed by atoms with E-state index >= 15 is 0 Å². The average molecular weight is 391 g/mol. The van der Waals surface area contributed by atoms with Crippen molar-refractivity contribution in [3.05, 3.63) is 33.9 Å². The lowest BCUT2D eigenvalue weighted by Gasteiger charge is -2.16. The third kappa shape index (κ3) is 4.96. The Kier molecular flexibility index (Phi) is 7.94. The summed E-state index contributed by atoms with van der Waals surface area (Å²) in [6, 6.07) is 4.13. The molecule has 112 valence electrons. The van der Waals surface area contributed by atoms with Crippen molar-refractivity contribution in [1.29, 1.82) is 0 Å². The molecule has 1 atom stereocenters. The Balaban J connectivity index is 2.84. The van der Waals surface area contributed by atoms with Crippen LogP contribution in [0.1, 0.15) is 18.9 Å². The summed E-state index contributed by atoms with van der Waals surface area (Å²) in [6.45, 7) is 6.97. The monoisotopic (exact) mass is 391 g/mol. The first kappa shape index (κ1) is 17.3. The predicted octanol–water partition coefficient (Wildman–Crippen LogP) is 2.73. The highest BCUT2D eigenvalue weighted by molar-refractivity contribution is 14.1. The first-order valence-corrected chi connectivity index (χ1v) is 7.68. The molecule has 20 heavy (non-hydrogen) atoms. The van der Waals surface area contributed by atoms with Gasteiger partial charge in [-0.3, -0.25) is 0 Å². The van der Waals surface area contributed by atoms with Crippen molar-refractivity contribution in [3.8, 4) is 11.5 Å². The maximum Gasteiger partial charge on any atom is 0.174 e. The minimum Gasteiger partial charge on any atom is -0.493 e. The van der Waals surface area contributed by atoms with Crippen molar-refractivity contribution in [2.75, 3.05) is 20.3 Å². The van der Waals surface area contributed by atoms with Crippen LogP contribution in [0.25, 0.3) is 0 Å². The third-order valence-corrected chi connectivity index (χ3v) is 3.74. The summed E-state index contributed by atoms with van der Waals surface area (Å²) in [5.41, 5.74) is 1.10. The number of aliphatic hydroxyl groups excluding tert-OH is 1. The van der Waals surface area contributed by atoms with Gasteiger partial charge in [0.2, 0.25) is 0 Å². The second kappa shape index (κ2) is 9.20. The maximum absolute atomic E-state index is 9.18. The van der Waals surface area contributed by atoms with E-state index in [0.717, 1.165) is 21.3 Å². The Hall–Kier alpha value is -0.790. The normalized spacial score (nSPS) is 12.0. The number of hydrogen-bond donors (Lipinski definition) is 2. The Morgan fingerprint density at radius 2 is 2.25 bits per heavy atom. The molecular weight excluding hydrogens is 369 g/mol. The molecule has 0 amide bonds. The van der Waals surface area contributed by atoms with Crippen LogP contribution in [0.2, 0.25) is 0 Å². The number of hydrogen-bond acceptors (Lipinski definition) is 4. The van der Waals surface area contributed by atoms with Gasteiger partial charge in [0.05, 0.1) is 17.3 Å². The van der Waals surface area contributed by atoms with Crippen molar-refractivity contribution in [2.45, 2.75) is 25.9 Å². The minimum absolute atomic E-state index is 0.121. The van der Waals surface area contributed by atoms with Crippen LogP contribution in [-0.2, 0) is 6.54 Å². The van der Waals surface area contributed by atoms with Gasteiger partial charge in [0.1, 0.15) is 6.61 Å². The molecular formula is C15H22INO3. The molecule has 0 aliphatic heterocycles. The smallest absolute Gasteiger partial charge is 0.174 e. The zero-order valence-electron chi connectivity index (χ0n) is 12.0. The topological polar surface area (TPSA) is 50.7 Å². The van der Waals surface area contributed by atoms with Gasteiger partial charge in [-0.25, -0.2) is 0 Å². The zero-order chi connectivity index (χ0) is 15.0. The van der Waals surface area contributed by atoms with Crippen LogP contribution < -0.4 is 14.8 Å². The molecule has 1 unspecified atom stereocenters. The van der Waals surface area contributed by atoms with E-state index < -0.39 is 0 Å². The lowest BCUT2D eigenvalue weighted by atomic mass is 10.1. The molecule has 0 aromatic heterocycles. The number of methoxy groups -OCH3 is 1. The van der Waals surface area contributed by atoms with Gasteiger partial charge in [-0.2, -0.15) is 0 Å². The lowest BCUT2D eigenvalue weighted by Crippen LogP contribution is -2.31. The first-order chi connectivity index (χ1) is 9.65. The summed E-state index contributed by atoms with van der Waals surface area (Å²) in [5.74, 6) is 1.46. The molecule has 0 saturated heterocycles. The first-order valence-electron chi connectivity index (χ1n) is 6.60. The lowest BCUT2D eigenvalue weighted by molar-refractivity contribution is 0.238. The van der Waals surface area contributed by atoms with Crippen molar-refractivity contribution in [2.24, 2.45) is 0 Å². The maximum atomic E-state index is 9.18. The van der Waals surface area contributed by atoms with Gasteiger partial charge in [-0.1, -0.05) is 19.6 Å². The summed E-state index contributed by atoms with van der Waals surface area (Å²) >= 11 is 2.23. The average Bonchev–Trinajstić information content (AvgIpc) is 2.46. The number of benzene rings is 1. The molecule has 0 spiro atoms. The Morgan fingerprint density at radius 3 is 2.80 bits per heavy atom. The summed E-state index contributed by atoms with van der Waals surface area (Å²) in [6.07, 6.45) is 2.60. The molecule has 0 aliphatic carbocycles. The highest BCUT2D eigenvalue weighted by Crippen LogP contribution is 2.34. The molecule has 0 radical (unpaired) electrons. The quantitative estimate of drug-likeness (QED) is 0.502. The molecule has 1 aromatic rings. The molecule has 0 heterocycles. The summed E-state index contributed by atoms with van der Waals surface area (Å²) in [5, 5.41) is 12.5. The molecule has 5 heteroatoms. The van der Waals surface area contributed by atoms with E-state index in [-0.39, 0.29) is 12.6 Å². The highest BCUT2D eigenvalue weighted by Gasteiger charge is 2.12. The second-order valence-electron chi connectivity index (χ2n) is 4.38. The van der Waals surface area contributed by atoms with Crippen molar-refractivity contribution in [1.82, 2.24) is 5.32 Å². The Morgan fingerprint density at radius 1 is 1.50 bits per heavy atom. The Labute approximate surface area is 134 Å². The SMILES string of the molecule is C=CCOc1c(I)cc(CNC(CC)CO)cc1OC. The molecule has 0 bridgehead atoms. The minimum atomic E-state index is 0.121. The fourth-order valence-corrected chi connectivity index (χ4v) is 2.58. The van der Waals surface area contributed by atoms with Crippen LogP contribution in [0, 0.1) is 3.57 Å². The van der Waals surface area contributed by atoms with Crippen LogP contribution in [0.15, 0.2) is 24.8 Å². The van der Waals surface area contributed by atoms with Gasteiger partial charge >= 0.3 is 0 Å². The predicted molar refractivity (Wildman–Crippen MR) is 89.4 cm³/mol. The van der Waals surface area contributed by atoms with Gasteiger partial charge in [0, 0.05) is 12.6 Å². The molecule has 1 aromatic carbocycles. The van der Waals surface area contributed by atoms with Crippen molar-refractivity contribution < 1.29 is 14.6 Å². The highest BCUT2D eigenvalue weighted by atomic mass is 127. The summed E-state index contributed by atoms with van der Waals surface area (Å²) in [4.78, 5) is 0. The number of nitrogens with one attached hydrogen (secondary N) is 1. The third-order valence-electron chi connectivity index (χ3n) is 2.94. The van der Waals surface area contributed by atoms with Crippen LogP contribution in [0.3, 0.4) is 0 Å². The molecule has 0 aliphatic rings. The van der Waals surface area contributed by atoms with Crippen LogP contribution in [0.5, 0.6) is 11.5 Å². The van der Waals surface area contributed by atoms with E-state index in [1.165, 1.54) is 0 Å².